The van der Waals surface area contributed by atoms with E-state index in [9.17, 15) is 13.2 Å². The minimum absolute atomic E-state index is 0.0418. The summed E-state index contributed by atoms with van der Waals surface area (Å²) in [7, 11) is 3.67. The third-order valence-corrected chi connectivity index (χ3v) is 7.65. The fourth-order valence-corrected chi connectivity index (χ4v) is 5.53. The molecule has 0 aliphatic carbocycles. The van der Waals surface area contributed by atoms with Crippen LogP contribution in [0, 0.1) is 5.92 Å². The van der Waals surface area contributed by atoms with Crippen LogP contribution in [0.4, 0.5) is 0 Å². The van der Waals surface area contributed by atoms with Crippen molar-refractivity contribution in [3.63, 3.8) is 0 Å². The molecule has 124 valence electrons. The highest BCUT2D eigenvalue weighted by atomic mass is 35.7. The van der Waals surface area contributed by atoms with Crippen molar-refractivity contribution in [1.29, 1.82) is 0 Å². The van der Waals surface area contributed by atoms with E-state index in [2.05, 4.69) is 0 Å². The molecule has 1 unspecified atom stereocenters. The Bertz CT molecular complexity index is 447. The second kappa shape index (κ2) is 7.89. The van der Waals surface area contributed by atoms with Gasteiger partial charge in [0.1, 0.15) is 0 Å². The molecule has 1 saturated heterocycles. The van der Waals surface area contributed by atoms with E-state index < -0.39 is 17.9 Å². The van der Waals surface area contributed by atoms with Crippen LogP contribution < -0.4 is 0 Å². The lowest BCUT2D eigenvalue weighted by molar-refractivity contribution is -0.127. The van der Waals surface area contributed by atoms with Gasteiger partial charge >= 0.3 is 8.80 Å². The molecular weight excluding hydrogens is 338 g/mol. The number of hydrogen-bond acceptors (Lipinski definition) is 6. The predicted octanol–water partition coefficient (Wildman–Crippen LogP) is 0.672. The monoisotopic (exact) mass is 359 g/mol. The molecule has 1 heterocycles. The Kier molecular flexibility index (Phi) is 7.08. The number of carbonyl (C=O) groups is 1. The highest BCUT2D eigenvalue weighted by Gasteiger charge is 2.38. The fraction of sp³-hybridized carbons (Fsp3) is 0.909. The normalized spacial score (nSPS) is 20.3. The van der Waals surface area contributed by atoms with Gasteiger partial charge in [0.15, 0.2) is 0 Å². The van der Waals surface area contributed by atoms with Gasteiger partial charge in [-0.15, -0.1) is 0 Å². The van der Waals surface area contributed by atoms with Gasteiger partial charge in [-0.1, -0.05) is 0 Å². The van der Waals surface area contributed by atoms with E-state index in [1.165, 1.54) is 0 Å². The molecule has 0 aromatic rings. The zero-order valence-corrected chi connectivity index (χ0v) is 15.1. The van der Waals surface area contributed by atoms with Crippen LogP contribution in [0.3, 0.4) is 0 Å². The van der Waals surface area contributed by atoms with Crippen LogP contribution in [-0.2, 0) is 27.1 Å². The third-order valence-electron chi connectivity index (χ3n) is 3.57. The van der Waals surface area contributed by atoms with Gasteiger partial charge < -0.3 is 18.2 Å². The van der Waals surface area contributed by atoms with Crippen LogP contribution in [0.5, 0.6) is 0 Å². The quantitative estimate of drug-likeness (QED) is 0.444. The Hall–Kier alpha value is -0.193. The van der Waals surface area contributed by atoms with Gasteiger partial charge in [0.05, 0.1) is 5.75 Å². The molecule has 0 aromatic carbocycles. The Morgan fingerprint density at radius 1 is 1.29 bits per heavy atom. The first-order valence-corrected chi connectivity index (χ1v) is 11.0. The highest BCUT2D eigenvalue weighted by molar-refractivity contribution is 8.13. The molecule has 0 N–H and O–H groups in total. The Labute approximate surface area is 131 Å². The predicted molar refractivity (Wildman–Crippen MR) is 80.5 cm³/mol. The number of carbonyl (C=O) groups excluding carboxylic acids is 1. The molecular formula is C11H22ClNO6SSi. The fourth-order valence-electron chi connectivity index (χ4n) is 2.51. The van der Waals surface area contributed by atoms with Crippen molar-refractivity contribution < 1.29 is 26.5 Å². The average Bonchev–Trinajstić information content (AvgIpc) is 2.73. The van der Waals surface area contributed by atoms with E-state index in [1.807, 2.05) is 0 Å². The molecule has 0 saturated carbocycles. The van der Waals surface area contributed by atoms with E-state index in [0.29, 0.717) is 25.6 Å². The van der Waals surface area contributed by atoms with Gasteiger partial charge in [0.25, 0.3) is 0 Å². The van der Waals surface area contributed by atoms with Crippen LogP contribution in [0.2, 0.25) is 6.04 Å². The minimum atomic E-state index is -3.57. The van der Waals surface area contributed by atoms with Crippen LogP contribution in [-0.4, -0.2) is 68.2 Å². The van der Waals surface area contributed by atoms with Crippen molar-refractivity contribution in [2.75, 3.05) is 40.2 Å². The molecule has 1 aliphatic rings. The van der Waals surface area contributed by atoms with Gasteiger partial charge in [-0.05, 0) is 6.42 Å². The largest absolute Gasteiger partial charge is 0.500 e. The van der Waals surface area contributed by atoms with Gasteiger partial charge in [-0.25, -0.2) is 8.42 Å². The topological polar surface area (TPSA) is 82.1 Å². The summed E-state index contributed by atoms with van der Waals surface area (Å²) in [5.41, 5.74) is 0. The van der Waals surface area contributed by atoms with Gasteiger partial charge in [-0.2, -0.15) is 0 Å². The van der Waals surface area contributed by atoms with E-state index in [4.69, 9.17) is 24.0 Å². The van der Waals surface area contributed by atoms with Crippen LogP contribution in [0.25, 0.3) is 0 Å². The first-order chi connectivity index (χ1) is 9.75. The zero-order chi connectivity index (χ0) is 16.1. The Morgan fingerprint density at radius 3 is 2.33 bits per heavy atom. The maximum atomic E-state index is 11.8. The second-order valence-electron chi connectivity index (χ2n) is 5.01. The lowest BCUT2D eigenvalue weighted by Crippen LogP contribution is -2.43. The molecule has 0 bridgehead atoms. The van der Waals surface area contributed by atoms with Crippen molar-refractivity contribution in [2.24, 2.45) is 5.92 Å². The maximum Gasteiger partial charge on any atom is 0.500 e. The molecule has 1 amide bonds. The summed E-state index contributed by atoms with van der Waals surface area (Å²) in [5.74, 6) is -0.432. The number of halogens is 1. The molecule has 0 radical (unpaired) electrons. The number of hydrogen-bond donors (Lipinski definition) is 0. The standard InChI is InChI=1S/C11H22ClNO6SSi/c1-17-21(18-2,19-3)6-4-5-13-8-10(7-11(13)14)9-20(12,15)16/h10H,4-9H2,1-3H3. The summed E-state index contributed by atoms with van der Waals surface area (Å²) in [4.78, 5) is 13.5. The summed E-state index contributed by atoms with van der Waals surface area (Å²) < 4.78 is 38.0. The van der Waals surface area contributed by atoms with E-state index in [-0.39, 0.29) is 24.0 Å². The minimum Gasteiger partial charge on any atom is -0.377 e. The van der Waals surface area contributed by atoms with Crippen molar-refractivity contribution in [3.8, 4) is 0 Å². The van der Waals surface area contributed by atoms with Gasteiger partial charge in [-0.3, -0.25) is 4.79 Å². The molecule has 1 fully saturated rings. The smallest absolute Gasteiger partial charge is 0.377 e. The molecule has 1 atom stereocenters. The Morgan fingerprint density at radius 2 is 1.86 bits per heavy atom. The summed E-state index contributed by atoms with van der Waals surface area (Å²) in [6, 6.07) is 0.596. The molecule has 0 aromatic heterocycles. The number of nitrogens with zero attached hydrogens (tertiary/aromatic N) is 1. The lowest BCUT2D eigenvalue weighted by atomic mass is 10.1. The van der Waals surface area contributed by atoms with E-state index >= 15 is 0 Å². The summed E-state index contributed by atoms with van der Waals surface area (Å²) in [6.07, 6.45) is 0.904. The first-order valence-electron chi connectivity index (χ1n) is 6.61. The van der Waals surface area contributed by atoms with Crippen LogP contribution >= 0.6 is 10.7 Å². The lowest BCUT2D eigenvalue weighted by Gasteiger charge is -2.25. The molecule has 1 aliphatic heterocycles. The summed E-state index contributed by atoms with van der Waals surface area (Å²) in [6.45, 7) is 0.953. The molecule has 21 heavy (non-hydrogen) atoms. The van der Waals surface area contributed by atoms with Crippen LogP contribution in [0.1, 0.15) is 12.8 Å². The van der Waals surface area contributed by atoms with Crippen molar-refractivity contribution >= 4 is 34.4 Å². The average molecular weight is 360 g/mol. The number of likely N-dealkylation sites (tertiary alicyclic amines) is 1. The van der Waals surface area contributed by atoms with Crippen LogP contribution in [0.15, 0.2) is 0 Å². The third kappa shape index (κ3) is 5.84. The Balaban J connectivity index is 2.44. The van der Waals surface area contributed by atoms with E-state index in [1.54, 1.807) is 26.2 Å². The zero-order valence-electron chi connectivity index (χ0n) is 12.5. The SMILES string of the molecule is CO[Si](CCCN1CC(CS(=O)(=O)Cl)CC1=O)(OC)OC. The maximum absolute atomic E-state index is 11.8. The molecule has 0 spiro atoms. The number of rotatable bonds is 9. The van der Waals surface area contributed by atoms with E-state index in [0.717, 1.165) is 0 Å². The van der Waals surface area contributed by atoms with Gasteiger partial charge in [0.2, 0.25) is 15.0 Å². The molecule has 7 nitrogen and oxygen atoms in total. The molecule has 10 heteroatoms. The highest BCUT2D eigenvalue weighted by Crippen LogP contribution is 2.22. The second-order valence-corrected chi connectivity index (χ2v) is 10.9. The van der Waals surface area contributed by atoms with Crippen molar-refractivity contribution in [2.45, 2.75) is 18.9 Å². The van der Waals surface area contributed by atoms with Crippen molar-refractivity contribution in [1.82, 2.24) is 4.90 Å². The first kappa shape index (κ1) is 18.9. The summed E-state index contributed by atoms with van der Waals surface area (Å²) >= 11 is 0. The molecule has 1 rings (SSSR count). The summed E-state index contributed by atoms with van der Waals surface area (Å²) in [5, 5.41) is 0. The van der Waals surface area contributed by atoms with Gasteiger partial charge in [0, 0.05) is 63.5 Å². The number of amides is 1. The van der Waals surface area contributed by atoms with Crippen molar-refractivity contribution in [3.05, 3.63) is 0 Å².